The van der Waals surface area contributed by atoms with Crippen molar-refractivity contribution in [3.05, 3.63) is 29.7 Å². The molecule has 2 aromatic heterocycles. The van der Waals surface area contributed by atoms with Crippen molar-refractivity contribution in [3.8, 4) is 11.9 Å². The molecular weight excluding hydrogens is 192 g/mol. The van der Waals surface area contributed by atoms with Gasteiger partial charge in [0.05, 0.1) is 0 Å². The Kier molecular flexibility index (Phi) is 2.14. The molecular formula is C9H8N6. The summed E-state index contributed by atoms with van der Waals surface area (Å²) in [6.07, 6.45) is 1.53. The van der Waals surface area contributed by atoms with E-state index in [9.17, 15) is 0 Å². The lowest BCUT2D eigenvalue weighted by molar-refractivity contribution is 0.795. The Morgan fingerprint density at radius 1 is 1.33 bits per heavy atom. The van der Waals surface area contributed by atoms with Gasteiger partial charge in [-0.05, 0) is 13.8 Å². The molecule has 0 unspecified atom stereocenters. The van der Waals surface area contributed by atoms with Gasteiger partial charge in [0.25, 0.3) is 0 Å². The summed E-state index contributed by atoms with van der Waals surface area (Å²) >= 11 is 0. The van der Waals surface area contributed by atoms with Crippen LogP contribution in [0, 0.1) is 25.2 Å². The number of aryl methyl sites for hydroxylation is 2. The molecule has 0 aliphatic carbocycles. The van der Waals surface area contributed by atoms with Crippen LogP contribution in [0.2, 0.25) is 0 Å². The zero-order valence-electron chi connectivity index (χ0n) is 8.34. The van der Waals surface area contributed by atoms with Crippen molar-refractivity contribution in [2.24, 2.45) is 0 Å². The summed E-state index contributed by atoms with van der Waals surface area (Å²) in [4.78, 5) is 12.0. The van der Waals surface area contributed by atoms with Gasteiger partial charge in [0.15, 0.2) is 5.82 Å². The number of hydrogen-bond acceptors (Lipinski definition) is 5. The molecule has 2 heterocycles. The van der Waals surface area contributed by atoms with E-state index in [-0.39, 0.29) is 5.82 Å². The minimum atomic E-state index is 0.125. The molecule has 15 heavy (non-hydrogen) atoms. The molecule has 0 aliphatic rings. The highest BCUT2D eigenvalue weighted by Crippen LogP contribution is 2.05. The molecule has 0 radical (unpaired) electrons. The normalized spacial score (nSPS) is 9.93. The van der Waals surface area contributed by atoms with Gasteiger partial charge in [-0.3, -0.25) is 0 Å². The number of nitriles is 1. The monoisotopic (exact) mass is 200 g/mol. The maximum absolute atomic E-state index is 8.66. The first-order valence-corrected chi connectivity index (χ1v) is 4.34. The number of nitrogens with zero attached hydrogens (tertiary/aromatic N) is 6. The van der Waals surface area contributed by atoms with Crippen LogP contribution >= 0.6 is 0 Å². The molecule has 6 nitrogen and oxygen atoms in total. The van der Waals surface area contributed by atoms with Gasteiger partial charge in [0.2, 0.25) is 5.82 Å². The Morgan fingerprint density at radius 2 is 2.13 bits per heavy atom. The van der Waals surface area contributed by atoms with Crippen LogP contribution in [0.25, 0.3) is 5.82 Å². The van der Waals surface area contributed by atoms with Gasteiger partial charge in [-0.2, -0.15) is 14.9 Å². The van der Waals surface area contributed by atoms with E-state index >= 15 is 0 Å². The molecule has 0 aromatic carbocycles. The van der Waals surface area contributed by atoms with Crippen molar-refractivity contribution >= 4 is 0 Å². The van der Waals surface area contributed by atoms with Gasteiger partial charge in [-0.1, -0.05) is 0 Å². The van der Waals surface area contributed by atoms with Gasteiger partial charge in [0, 0.05) is 12.3 Å². The molecule has 0 spiro atoms. The Morgan fingerprint density at radius 3 is 2.73 bits per heavy atom. The first kappa shape index (κ1) is 9.27. The molecule has 74 valence electrons. The van der Waals surface area contributed by atoms with Crippen LogP contribution in [0.3, 0.4) is 0 Å². The average molecular weight is 200 g/mol. The van der Waals surface area contributed by atoms with Crippen LogP contribution in [-0.2, 0) is 0 Å². The highest BCUT2D eigenvalue weighted by atomic mass is 15.4. The van der Waals surface area contributed by atoms with Crippen molar-refractivity contribution in [2.45, 2.75) is 13.8 Å². The predicted molar refractivity (Wildman–Crippen MR) is 51.1 cm³/mol. The molecule has 0 bridgehead atoms. The third-order valence-corrected chi connectivity index (χ3v) is 1.83. The second-order valence-electron chi connectivity index (χ2n) is 2.97. The van der Waals surface area contributed by atoms with Gasteiger partial charge in [0.1, 0.15) is 17.7 Å². The van der Waals surface area contributed by atoms with Gasteiger partial charge < -0.3 is 0 Å². The lowest BCUT2D eigenvalue weighted by atomic mass is 10.5. The van der Waals surface area contributed by atoms with Crippen LogP contribution < -0.4 is 0 Å². The highest BCUT2D eigenvalue weighted by Gasteiger charge is 2.06. The predicted octanol–water partition coefficient (Wildman–Crippen LogP) is 0.546. The Bertz CT molecular complexity index is 536. The summed E-state index contributed by atoms with van der Waals surface area (Å²) in [6, 6.07) is 3.56. The molecule has 6 heteroatoms. The van der Waals surface area contributed by atoms with Crippen molar-refractivity contribution < 1.29 is 0 Å². The molecule has 2 aromatic rings. The third kappa shape index (κ3) is 1.67. The quantitative estimate of drug-likeness (QED) is 0.671. The van der Waals surface area contributed by atoms with Crippen LogP contribution in [-0.4, -0.2) is 24.7 Å². The maximum Gasteiger partial charge on any atom is 0.234 e. The molecule has 0 saturated carbocycles. The second-order valence-corrected chi connectivity index (χ2v) is 2.97. The van der Waals surface area contributed by atoms with Gasteiger partial charge >= 0.3 is 0 Å². The van der Waals surface area contributed by atoms with E-state index < -0.39 is 0 Å². The minimum absolute atomic E-state index is 0.125. The van der Waals surface area contributed by atoms with Crippen molar-refractivity contribution in [3.63, 3.8) is 0 Å². The Balaban J connectivity index is 2.55. The van der Waals surface area contributed by atoms with E-state index in [0.717, 1.165) is 5.82 Å². The van der Waals surface area contributed by atoms with Crippen LogP contribution in [0.15, 0.2) is 12.3 Å². The summed E-state index contributed by atoms with van der Waals surface area (Å²) in [5.74, 6) is 2.08. The highest BCUT2D eigenvalue weighted by molar-refractivity contribution is 5.24. The topological polar surface area (TPSA) is 80.3 Å². The summed E-state index contributed by atoms with van der Waals surface area (Å²) in [5, 5.41) is 12.8. The molecule has 2 rings (SSSR count). The van der Waals surface area contributed by atoms with E-state index in [0.29, 0.717) is 11.6 Å². The van der Waals surface area contributed by atoms with Crippen LogP contribution in [0.5, 0.6) is 0 Å². The van der Waals surface area contributed by atoms with E-state index in [1.54, 1.807) is 17.7 Å². The smallest absolute Gasteiger partial charge is 0.227 e. The van der Waals surface area contributed by atoms with E-state index in [2.05, 4.69) is 20.1 Å². The molecule has 0 fully saturated rings. The molecule has 0 atom stereocenters. The standard InChI is InChI=1S/C9H8N6/c1-6-12-7(2)15(14-6)9-3-4-11-8(5-10)13-9/h3-4H,1-2H3. The zero-order chi connectivity index (χ0) is 10.8. The van der Waals surface area contributed by atoms with E-state index in [1.165, 1.54) is 6.20 Å². The average Bonchev–Trinajstić information content (AvgIpc) is 2.58. The van der Waals surface area contributed by atoms with Crippen molar-refractivity contribution in [1.29, 1.82) is 5.26 Å². The first-order chi connectivity index (χ1) is 7.20. The number of aromatic nitrogens is 5. The van der Waals surface area contributed by atoms with E-state index in [1.807, 2.05) is 13.0 Å². The summed E-state index contributed by atoms with van der Waals surface area (Å²) < 4.78 is 1.58. The fourth-order valence-corrected chi connectivity index (χ4v) is 1.26. The summed E-state index contributed by atoms with van der Waals surface area (Å²) in [6.45, 7) is 3.63. The fraction of sp³-hybridized carbons (Fsp3) is 0.222. The lowest BCUT2D eigenvalue weighted by Gasteiger charge is -2.00. The number of hydrogen-bond donors (Lipinski definition) is 0. The van der Waals surface area contributed by atoms with Gasteiger partial charge in [-0.15, -0.1) is 5.10 Å². The largest absolute Gasteiger partial charge is 0.234 e. The van der Waals surface area contributed by atoms with E-state index in [4.69, 9.17) is 5.26 Å². The SMILES string of the molecule is Cc1nc(C)n(-c2ccnc(C#N)n2)n1. The maximum atomic E-state index is 8.66. The second kappa shape index (κ2) is 3.46. The summed E-state index contributed by atoms with van der Waals surface area (Å²) in [5.41, 5.74) is 0. The molecule has 0 N–H and O–H groups in total. The summed E-state index contributed by atoms with van der Waals surface area (Å²) in [7, 11) is 0. The zero-order valence-corrected chi connectivity index (χ0v) is 8.34. The first-order valence-electron chi connectivity index (χ1n) is 4.34. The van der Waals surface area contributed by atoms with Crippen LogP contribution in [0.1, 0.15) is 17.5 Å². The Hall–Kier alpha value is -2.29. The minimum Gasteiger partial charge on any atom is -0.227 e. The molecule has 0 aliphatic heterocycles. The van der Waals surface area contributed by atoms with Gasteiger partial charge in [-0.25, -0.2) is 9.97 Å². The molecule has 0 amide bonds. The van der Waals surface area contributed by atoms with Crippen molar-refractivity contribution in [1.82, 2.24) is 24.7 Å². The Labute approximate surface area is 86.2 Å². The fourth-order valence-electron chi connectivity index (χ4n) is 1.26. The lowest BCUT2D eigenvalue weighted by Crippen LogP contribution is -2.04. The third-order valence-electron chi connectivity index (χ3n) is 1.83. The van der Waals surface area contributed by atoms with Crippen molar-refractivity contribution in [2.75, 3.05) is 0 Å². The van der Waals surface area contributed by atoms with Crippen LogP contribution in [0.4, 0.5) is 0 Å². The molecule has 0 saturated heterocycles. The number of rotatable bonds is 1.